The van der Waals surface area contributed by atoms with E-state index in [1.54, 1.807) is 7.11 Å². The summed E-state index contributed by atoms with van der Waals surface area (Å²) in [5.74, 6) is 0.536. The van der Waals surface area contributed by atoms with Gasteiger partial charge in [-0.2, -0.15) is 0 Å². The normalized spacial score (nSPS) is 10.0. The first-order valence-electron chi connectivity index (χ1n) is 7.22. The minimum Gasteiger partial charge on any atom is -0.497 e. The molecule has 21 heavy (non-hydrogen) atoms. The zero-order chi connectivity index (χ0) is 15.7. The molecule has 0 saturated heterocycles. The molecule has 0 spiro atoms. The Morgan fingerprint density at radius 3 is 2.43 bits per heavy atom. The number of ether oxygens (including phenoxy) is 1. The number of hydrogen-bond acceptors (Lipinski definition) is 3. The van der Waals surface area contributed by atoms with Crippen molar-refractivity contribution in [1.82, 2.24) is 10.2 Å². The van der Waals surface area contributed by atoms with Crippen LogP contribution in [0.4, 0.5) is 0 Å². The minimum absolute atomic E-state index is 0.0884. The van der Waals surface area contributed by atoms with E-state index in [-0.39, 0.29) is 18.4 Å². The molecule has 0 heterocycles. The Morgan fingerprint density at radius 2 is 1.90 bits per heavy atom. The Hall–Kier alpha value is -2.04. The van der Waals surface area contributed by atoms with Crippen LogP contribution in [0.2, 0.25) is 0 Å². The molecule has 2 amide bonds. The molecule has 1 aromatic rings. The fourth-order valence-corrected chi connectivity index (χ4v) is 1.86. The molecular formula is C16H24N2O3. The first-order chi connectivity index (χ1) is 10.1. The van der Waals surface area contributed by atoms with Gasteiger partial charge in [-0.3, -0.25) is 9.59 Å². The highest BCUT2D eigenvalue weighted by Crippen LogP contribution is 2.13. The first-order valence-corrected chi connectivity index (χ1v) is 7.22. The van der Waals surface area contributed by atoms with Gasteiger partial charge in [-0.1, -0.05) is 25.5 Å². The summed E-state index contributed by atoms with van der Waals surface area (Å²) in [6.07, 6.45) is 1.98. The zero-order valence-corrected chi connectivity index (χ0v) is 13.0. The van der Waals surface area contributed by atoms with Gasteiger partial charge in [0, 0.05) is 20.0 Å². The minimum atomic E-state index is -0.118. The van der Waals surface area contributed by atoms with Crippen LogP contribution in [0.1, 0.15) is 32.3 Å². The lowest BCUT2D eigenvalue weighted by molar-refractivity contribution is -0.134. The Labute approximate surface area is 126 Å². The molecular weight excluding hydrogens is 268 g/mol. The lowest BCUT2D eigenvalue weighted by Crippen LogP contribution is -2.39. The predicted octanol–water partition coefficient (Wildman–Crippen LogP) is 1.96. The van der Waals surface area contributed by atoms with Gasteiger partial charge in [-0.05, 0) is 24.1 Å². The number of methoxy groups -OCH3 is 1. The van der Waals surface area contributed by atoms with Crippen LogP contribution in [0.5, 0.6) is 5.75 Å². The van der Waals surface area contributed by atoms with E-state index in [4.69, 9.17) is 4.74 Å². The van der Waals surface area contributed by atoms with Gasteiger partial charge in [-0.15, -0.1) is 0 Å². The molecule has 0 aliphatic rings. The average molecular weight is 292 g/mol. The van der Waals surface area contributed by atoms with Gasteiger partial charge in [0.05, 0.1) is 13.7 Å². The van der Waals surface area contributed by atoms with Gasteiger partial charge in [-0.25, -0.2) is 0 Å². The number of amides is 2. The van der Waals surface area contributed by atoms with E-state index in [0.717, 1.165) is 24.2 Å². The Morgan fingerprint density at radius 1 is 1.24 bits per heavy atom. The maximum Gasteiger partial charge on any atom is 0.239 e. The summed E-state index contributed by atoms with van der Waals surface area (Å²) >= 11 is 0. The lowest BCUT2D eigenvalue weighted by Gasteiger charge is -2.20. The van der Waals surface area contributed by atoms with Crippen LogP contribution in [0.3, 0.4) is 0 Å². The number of benzene rings is 1. The maximum atomic E-state index is 11.8. The summed E-state index contributed by atoms with van der Waals surface area (Å²) in [5.41, 5.74) is 0.965. The third kappa shape index (κ3) is 6.29. The third-order valence-electron chi connectivity index (χ3n) is 3.16. The van der Waals surface area contributed by atoms with Gasteiger partial charge in [0.15, 0.2) is 0 Å². The number of carbonyl (C=O) groups excluding carboxylic acids is 2. The number of carbonyl (C=O) groups is 2. The van der Waals surface area contributed by atoms with Crippen molar-refractivity contribution >= 4 is 11.8 Å². The van der Waals surface area contributed by atoms with E-state index in [1.165, 1.54) is 11.8 Å². The van der Waals surface area contributed by atoms with E-state index < -0.39 is 0 Å². The van der Waals surface area contributed by atoms with Crippen molar-refractivity contribution in [2.24, 2.45) is 0 Å². The number of rotatable bonds is 8. The summed E-state index contributed by atoms with van der Waals surface area (Å²) in [5, 5.41) is 2.82. The largest absolute Gasteiger partial charge is 0.497 e. The molecule has 5 nitrogen and oxygen atoms in total. The van der Waals surface area contributed by atoms with E-state index in [0.29, 0.717) is 13.1 Å². The molecule has 0 bridgehead atoms. The topological polar surface area (TPSA) is 58.6 Å². The second-order valence-corrected chi connectivity index (χ2v) is 4.93. The van der Waals surface area contributed by atoms with Gasteiger partial charge in [0.2, 0.25) is 11.8 Å². The molecule has 0 aromatic heterocycles. The van der Waals surface area contributed by atoms with Crippen molar-refractivity contribution in [3.05, 3.63) is 29.8 Å². The second kappa shape index (κ2) is 9.00. The van der Waals surface area contributed by atoms with Crippen molar-refractivity contribution in [2.75, 3.05) is 20.2 Å². The number of hydrogen-bond donors (Lipinski definition) is 1. The third-order valence-corrected chi connectivity index (χ3v) is 3.16. The van der Waals surface area contributed by atoms with E-state index >= 15 is 0 Å². The fourth-order valence-electron chi connectivity index (χ4n) is 1.86. The van der Waals surface area contributed by atoms with Gasteiger partial charge >= 0.3 is 0 Å². The quantitative estimate of drug-likeness (QED) is 0.745. The molecule has 0 aliphatic heterocycles. The summed E-state index contributed by atoms with van der Waals surface area (Å²) in [6.45, 7) is 4.70. The molecule has 0 aliphatic carbocycles. The van der Waals surface area contributed by atoms with Gasteiger partial charge < -0.3 is 15.0 Å². The van der Waals surface area contributed by atoms with Crippen LogP contribution in [-0.2, 0) is 16.1 Å². The molecule has 5 heteroatoms. The summed E-state index contributed by atoms with van der Waals surface area (Å²) < 4.78 is 5.10. The lowest BCUT2D eigenvalue weighted by atomic mass is 10.2. The predicted molar refractivity (Wildman–Crippen MR) is 82.0 cm³/mol. The highest BCUT2D eigenvalue weighted by Gasteiger charge is 2.13. The molecule has 116 valence electrons. The fraction of sp³-hybridized carbons (Fsp3) is 0.500. The Balaban J connectivity index is 2.56. The van der Waals surface area contributed by atoms with E-state index in [2.05, 4.69) is 12.2 Å². The van der Waals surface area contributed by atoms with E-state index in [1.807, 2.05) is 24.3 Å². The highest BCUT2D eigenvalue weighted by molar-refractivity contribution is 5.83. The van der Waals surface area contributed by atoms with Crippen LogP contribution in [0.25, 0.3) is 0 Å². The van der Waals surface area contributed by atoms with Crippen LogP contribution in [0, 0.1) is 0 Å². The smallest absolute Gasteiger partial charge is 0.239 e. The monoisotopic (exact) mass is 292 g/mol. The number of unbranched alkanes of at least 4 members (excludes halogenated alkanes) is 1. The maximum absolute atomic E-state index is 11.8. The van der Waals surface area contributed by atoms with Crippen molar-refractivity contribution in [3.63, 3.8) is 0 Å². The molecule has 0 fully saturated rings. The summed E-state index contributed by atoms with van der Waals surface area (Å²) in [7, 11) is 1.61. The molecule has 1 N–H and O–H groups in total. The van der Waals surface area contributed by atoms with Gasteiger partial charge in [0.1, 0.15) is 5.75 Å². The van der Waals surface area contributed by atoms with E-state index in [9.17, 15) is 9.59 Å². The molecule has 0 saturated carbocycles. The molecule has 1 rings (SSSR count). The van der Waals surface area contributed by atoms with Crippen LogP contribution in [-0.4, -0.2) is 36.9 Å². The van der Waals surface area contributed by atoms with Crippen LogP contribution >= 0.6 is 0 Å². The van der Waals surface area contributed by atoms with Crippen molar-refractivity contribution < 1.29 is 14.3 Å². The number of nitrogens with zero attached hydrogens (tertiary/aromatic N) is 1. The summed E-state index contributed by atoms with van der Waals surface area (Å²) in [4.78, 5) is 25.0. The Kier molecular flexibility index (Phi) is 7.29. The SMILES string of the molecule is CCCCNC(=O)CN(Cc1ccc(OC)cc1)C(C)=O. The molecule has 1 aromatic carbocycles. The summed E-state index contributed by atoms with van der Waals surface area (Å²) in [6, 6.07) is 7.47. The van der Waals surface area contributed by atoms with Crippen molar-refractivity contribution in [1.29, 1.82) is 0 Å². The van der Waals surface area contributed by atoms with Gasteiger partial charge in [0.25, 0.3) is 0 Å². The Bertz CT molecular complexity index is 457. The first kappa shape index (κ1) is 17.0. The van der Waals surface area contributed by atoms with Crippen molar-refractivity contribution in [3.8, 4) is 5.75 Å². The van der Waals surface area contributed by atoms with Crippen LogP contribution in [0.15, 0.2) is 24.3 Å². The molecule has 0 unspecified atom stereocenters. The molecule has 0 atom stereocenters. The number of nitrogens with one attached hydrogen (secondary N) is 1. The van der Waals surface area contributed by atoms with Crippen molar-refractivity contribution in [2.45, 2.75) is 33.2 Å². The average Bonchev–Trinajstić information content (AvgIpc) is 2.47. The molecule has 0 radical (unpaired) electrons. The second-order valence-electron chi connectivity index (χ2n) is 4.93. The standard InChI is InChI=1S/C16H24N2O3/c1-4-5-10-17-16(20)12-18(13(2)19)11-14-6-8-15(21-3)9-7-14/h6-9H,4-5,10-12H2,1-3H3,(H,17,20). The zero-order valence-electron chi connectivity index (χ0n) is 13.0. The highest BCUT2D eigenvalue weighted by atomic mass is 16.5. The van der Waals surface area contributed by atoms with Crippen LogP contribution < -0.4 is 10.1 Å².